The number of carbonyl (C=O) groups excluding carboxylic acids is 1. The molecule has 1 fully saturated rings. The van der Waals surface area contributed by atoms with Crippen LogP contribution in [0.2, 0.25) is 0 Å². The highest BCUT2D eigenvalue weighted by molar-refractivity contribution is 5.88. The number of carbonyl (C=O) groups is 3. The van der Waals surface area contributed by atoms with Crippen LogP contribution in [0.15, 0.2) is 24.3 Å². The van der Waals surface area contributed by atoms with Gasteiger partial charge in [-0.25, -0.2) is 4.79 Å². The number of benzene rings is 1. The van der Waals surface area contributed by atoms with Crippen molar-refractivity contribution in [3.05, 3.63) is 24.3 Å². The number of aliphatic hydroxyl groups is 1. The van der Waals surface area contributed by atoms with Gasteiger partial charge in [-0.2, -0.15) is 0 Å². The summed E-state index contributed by atoms with van der Waals surface area (Å²) < 4.78 is 16.9. The number of methoxy groups -OCH3 is 1. The van der Waals surface area contributed by atoms with Crippen LogP contribution in [0.5, 0.6) is 11.5 Å². The van der Waals surface area contributed by atoms with Crippen molar-refractivity contribution in [3.8, 4) is 11.5 Å². The highest BCUT2D eigenvalue weighted by atomic mass is 16.6. The van der Waals surface area contributed by atoms with Gasteiger partial charge in [-0.3, -0.25) is 14.9 Å². The fraction of sp³-hybridized carbons (Fsp3) is 0.625. The first-order valence-electron chi connectivity index (χ1n) is 11.5. The van der Waals surface area contributed by atoms with Crippen molar-refractivity contribution >= 4 is 17.9 Å². The Morgan fingerprint density at radius 2 is 1.62 bits per heavy atom. The summed E-state index contributed by atoms with van der Waals surface area (Å²) in [5.41, 5.74) is -2.75. The van der Waals surface area contributed by atoms with Gasteiger partial charge in [0.1, 0.15) is 17.6 Å². The van der Waals surface area contributed by atoms with E-state index >= 15 is 0 Å². The summed E-state index contributed by atoms with van der Waals surface area (Å²) in [6, 6.07) is 7.21. The summed E-state index contributed by atoms with van der Waals surface area (Å²) in [6.45, 7) is 0. The SMILES string of the molecule is CNC(CC(Oc1ccc(OC)cc1)C1CCCCCC1)OC(=O)CC(O)(CC(=O)O)C(=O)O. The largest absolute Gasteiger partial charge is 0.497 e. The van der Waals surface area contributed by atoms with Gasteiger partial charge in [0, 0.05) is 6.42 Å². The van der Waals surface area contributed by atoms with Crippen LogP contribution < -0.4 is 14.8 Å². The zero-order valence-corrected chi connectivity index (χ0v) is 19.7. The Balaban J connectivity index is 2.12. The van der Waals surface area contributed by atoms with Gasteiger partial charge in [-0.1, -0.05) is 25.7 Å². The molecule has 1 aliphatic carbocycles. The number of aliphatic carboxylic acids is 2. The Bertz CT molecular complexity index is 805. The topological polar surface area (TPSA) is 152 Å². The zero-order valence-electron chi connectivity index (χ0n) is 19.7. The molecule has 0 amide bonds. The first-order chi connectivity index (χ1) is 16.2. The molecule has 0 saturated heterocycles. The molecule has 1 aromatic carbocycles. The molecule has 1 aromatic rings. The lowest BCUT2D eigenvalue weighted by molar-refractivity contribution is -0.174. The van der Waals surface area contributed by atoms with E-state index in [0.717, 1.165) is 38.5 Å². The Kier molecular flexibility index (Phi) is 10.6. The van der Waals surface area contributed by atoms with Crippen LogP contribution in [0.25, 0.3) is 0 Å². The Hall–Kier alpha value is -2.85. The van der Waals surface area contributed by atoms with Gasteiger partial charge in [-0.05, 0) is 50.1 Å². The Morgan fingerprint density at radius 3 is 2.12 bits per heavy atom. The van der Waals surface area contributed by atoms with E-state index in [2.05, 4.69) is 5.32 Å². The molecule has 10 nitrogen and oxygen atoms in total. The molecule has 2 rings (SSSR count). The first kappa shape index (κ1) is 27.4. The monoisotopic (exact) mass is 481 g/mol. The molecular formula is C24H35NO9. The fourth-order valence-electron chi connectivity index (χ4n) is 4.19. The van der Waals surface area contributed by atoms with Crippen molar-refractivity contribution in [2.45, 2.75) is 75.7 Å². The normalized spacial score (nSPS) is 18.1. The van der Waals surface area contributed by atoms with Gasteiger partial charge in [0.2, 0.25) is 0 Å². The van der Waals surface area contributed by atoms with Crippen LogP contribution in [-0.4, -0.2) is 65.3 Å². The van der Waals surface area contributed by atoms with Crippen molar-refractivity contribution in [1.82, 2.24) is 5.32 Å². The second-order valence-corrected chi connectivity index (χ2v) is 8.67. The van der Waals surface area contributed by atoms with Crippen molar-refractivity contribution < 1.29 is 43.9 Å². The molecule has 0 aliphatic heterocycles. The summed E-state index contributed by atoms with van der Waals surface area (Å²) in [6.07, 6.45) is 3.52. The molecule has 190 valence electrons. The number of nitrogens with one attached hydrogen (secondary N) is 1. The van der Waals surface area contributed by atoms with E-state index < -0.39 is 42.6 Å². The van der Waals surface area contributed by atoms with E-state index in [0.29, 0.717) is 17.9 Å². The number of hydrogen-bond acceptors (Lipinski definition) is 8. The van der Waals surface area contributed by atoms with Crippen LogP contribution in [-0.2, 0) is 19.1 Å². The second-order valence-electron chi connectivity index (χ2n) is 8.67. The van der Waals surface area contributed by atoms with Gasteiger partial charge in [0.25, 0.3) is 0 Å². The zero-order chi connectivity index (χ0) is 25.1. The number of carboxylic acids is 2. The lowest BCUT2D eigenvalue weighted by atomic mass is 9.91. The Labute approximate surface area is 199 Å². The third-order valence-corrected chi connectivity index (χ3v) is 6.09. The van der Waals surface area contributed by atoms with Gasteiger partial charge < -0.3 is 29.5 Å². The van der Waals surface area contributed by atoms with Crippen molar-refractivity contribution in [3.63, 3.8) is 0 Å². The smallest absolute Gasteiger partial charge is 0.336 e. The summed E-state index contributed by atoms with van der Waals surface area (Å²) >= 11 is 0. The Morgan fingerprint density at radius 1 is 1.03 bits per heavy atom. The molecular weight excluding hydrogens is 446 g/mol. The number of hydrogen-bond donors (Lipinski definition) is 4. The molecule has 3 atom stereocenters. The predicted molar refractivity (Wildman–Crippen MR) is 122 cm³/mol. The van der Waals surface area contributed by atoms with Crippen molar-refractivity contribution in [2.75, 3.05) is 14.2 Å². The van der Waals surface area contributed by atoms with Crippen LogP contribution in [0.1, 0.15) is 57.8 Å². The van der Waals surface area contributed by atoms with E-state index in [1.54, 1.807) is 26.3 Å². The molecule has 1 saturated carbocycles. The molecule has 3 unspecified atom stereocenters. The minimum absolute atomic E-state index is 0.238. The maximum Gasteiger partial charge on any atom is 0.336 e. The minimum Gasteiger partial charge on any atom is -0.497 e. The molecule has 1 aliphatic rings. The van der Waals surface area contributed by atoms with Crippen LogP contribution >= 0.6 is 0 Å². The number of carboxylic acid groups (broad SMARTS) is 2. The van der Waals surface area contributed by atoms with Crippen LogP contribution in [0, 0.1) is 5.92 Å². The van der Waals surface area contributed by atoms with Crippen LogP contribution in [0.4, 0.5) is 0 Å². The quantitative estimate of drug-likeness (QED) is 0.188. The maximum atomic E-state index is 12.4. The highest BCUT2D eigenvalue weighted by Crippen LogP contribution is 2.31. The lowest BCUT2D eigenvalue weighted by Gasteiger charge is -2.31. The summed E-state index contributed by atoms with van der Waals surface area (Å²) in [5.74, 6) is -2.77. The summed E-state index contributed by atoms with van der Waals surface area (Å²) in [4.78, 5) is 34.7. The van der Waals surface area contributed by atoms with E-state index in [4.69, 9.17) is 19.3 Å². The minimum atomic E-state index is -2.75. The first-order valence-corrected chi connectivity index (χ1v) is 11.5. The second kappa shape index (κ2) is 13.1. The summed E-state index contributed by atoms with van der Waals surface area (Å²) in [7, 11) is 3.17. The number of rotatable bonds is 13. The lowest BCUT2D eigenvalue weighted by Crippen LogP contribution is -2.45. The van der Waals surface area contributed by atoms with E-state index in [9.17, 15) is 24.6 Å². The van der Waals surface area contributed by atoms with E-state index in [1.165, 1.54) is 0 Å². The standard InChI is InChI=1S/C24H35NO9/c1-25-20(34-22(28)15-24(31,23(29)30)14-21(26)27)13-19(16-7-5-3-4-6-8-16)33-18-11-9-17(32-2)10-12-18/h9-12,16,19-20,25,31H,3-8,13-15H2,1-2H3,(H,26,27)(H,29,30). The van der Waals surface area contributed by atoms with Gasteiger partial charge in [0.15, 0.2) is 11.8 Å². The van der Waals surface area contributed by atoms with Gasteiger partial charge in [-0.15, -0.1) is 0 Å². The average molecular weight is 482 g/mol. The molecule has 0 heterocycles. The molecule has 34 heavy (non-hydrogen) atoms. The number of esters is 1. The molecule has 0 aromatic heterocycles. The fourth-order valence-corrected chi connectivity index (χ4v) is 4.19. The van der Waals surface area contributed by atoms with Crippen LogP contribution in [0.3, 0.4) is 0 Å². The van der Waals surface area contributed by atoms with Crippen molar-refractivity contribution in [2.24, 2.45) is 5.92 Å². The molecule has 4 N–H and O–H groups in total. The summed E-state index contributed by atoms with van der Waals surface area (Å²) in [5, 5.41) is 31.1. The third kappa shape index (κ3) is 8.49. The molecule has 10 heteroatoms. The van der Waals surface area contributed by atoms with Crippen molar-refractivity contribution in [1.29, 1.82) is 0 Å². The highest BCUT2D eigenvalue weighted by Gasteiger charge is 2.42. The number of ether oxygens (including phenoxy) is 3. The molecule has 0 spiro atoms. The maximum absolute atomic E-state index is 12.4. The van der Waals surface area contributed by atoms with Gasteiger partial charge >= 0.3 is 17.9 Å². The van der Waals surface area contributed by atoms with Gasteiger partial charge in [0.05, 0.1) is 20.0 Å². The third-order valence-electron chi connectivity index (χ3n) is 6.09. The molecule has 0 bridgehead atoms. The molecule has 0 radical (unpaired) electrons. The van der Waals surface area contributed by atoms with E-state index in [1.807, 2.05) is 12.1 Å². The average Bonchev–Trinajstić information content (AvgIpc) is 3.07. The predicted octanol–water partition coefficient (Wildman–Crippen LogP) is 2.57. The van der Waals surface area contributed by atoms with E-state index in [-0.39, 0.29) is 12.0 Å².